The molecule has 0 saturated carbocycles. The number of fused-ring (bicyclic) bond motifs is 1. The minimum Gasteiger partial charge on any atom is -0.490 e. The highest BCUT2D eigenvalue weighted by molar-refractivity contribution is 6.30. The van der Waals surface area contributed by atoms with Gasteiger partial charge in [0, 0.05) is 43.9 Å². The molecule has 1 aliphatic heterocycles. The molecule has 1 fully saturated rings. The van der Waals surface area contributed by atoms with Gasteiger partial charge in [0.05, 0.1) is 11.7 Å². The summed E-state index contributed by atoms with van der Waals surface area (Å²) >= 11 is 6.18. The van der Waals surface area contributed by atoms with Gasteiger partial charge < -0.3 is 14.7 Å². The van der Waals surface area contributed by atoms with Crippen molar-refractivity contribution in [2.75, 3.05) is 18.0 Å². The lowest BCUT2D eigenvalue weighted by Gasteiger charge is -2.34. The number of aliphatic hydroxyl groups excluding tert-OH is 1. The molecule has 0 bridgehead atoms. The number of aromatic nitrogens is 4. The van der Waals surface area contributed by atoms with E-state index in [4.69, 9.17) is 16.3 Å². The van der Waals surface area contributed by atoms with Crippen molar-refractivity contribution in [3.8, 4) is 5.75 Å². The average Bonchev–Trinajstić information content (AvgIpc) is 3.05. The fourth-order valence-corrected chi connectivity index (χ4v) is 3.67. The largest absolute Gasteiger partial charge is 0.490 e. The minimum absolute atomic E-state index is 0.158. The molecule has 0 unspecified atom stereocenters. The molecule has 3 aromatic rings. The van der Waals surface area contributed by atoms with E-state index in [0.717, 1.165) is 54.0 Å². The van der Waals surface area contributed by atoms with Crippen molar-refractivity contribution in [2.24, 2.45) is 7.05 Å². The summed E-state index contributed by atoms with van der Waals surface area (Å²) in [5.74, 6) is 2.02. The van der Waals surface area contributed by atoms with Crippen LogP contribution in [0.2, 0.25) is 5.15 Å². The average molecular weight is 388 g/mol. The van der Waals surface area contributed by atoms with Gasteiger partial charge in [-0.15, -0.1) is 0 Å². The fourth-order valence-electron chi connectivity index (χ4n) is 3.49. The van der Waals surface area contributed by atoms with Crippen LogP contribution in [0.3, 0.4) is 0 Å². The Balaban J connectivity index is 1.43. The number of nitrogens with zero attached hydrogens (tertiary/aromatic N) is 5. The van der Waals surface area contributed by atoms with Crippen molar-refractivity contribution in [1.82, 2.24) is 19.7 Å². The Hall–Kier alpha value is -2.38. The molecule has 1 saturated heterocycles. The Labute approximate surface area is 162 Å². The van der Waals surface area contributed by atoms with Gasteiger partial charge in [-0.25, -0.2) is 9.97 Å². The number of aliphatic hydroxyl groups is 1. The zero-order valence-corrected chi connectivity index (χ0v) is 16.1. The standard InChI is InChI=1S/C19H22ClN5O2/c1-12-18(20)22-17(11-26)23-19(12)25-7-5-14(6-8-25)27-15-3-4-16-13(9-15)10-21-24(16)2/h3-4,9-10,14,26H,5-8,11H2,1-2H3. The minimum atomic E-state index is -0.219. The molecule has 4 rings (SSSR count). The molecular formula is C19H22ClN5O2. The molecule has 3 heterocycles. The molecule has 1 aromatic carbocycles. The predicted molar refractivity (Wildman–Crippen MR) is 104 cm³/mol. The second-order valence-corrected chi connectivity index (χ2v) is 7.19. The van der Waals surface area contributed by atoms with Crippen LogP contribution >= 0.6 is 11.6 Å². The summed E-state index contributed by atoms with van der Waals surface area (Å²) in [5.41, 5.74) is 1.93. The van der Waals surface area contributed by atoms with Gasteiger partial charge in [0.2, 0.25) is 0 Å². The van der Waals surface area contributed by atoms with Crippen LogP contribution in [-0.2, 0) is 13.7 Å². The first-order valence-corrected chi connectivity index (χ1v) is 9.40. The number of aryl methyl sites for hydroxylation is 1. The van der Waals surface area contributed by atoms with Gasteiger partial charge in [-0.3, -0.25) is 4.68 Å². The number of hydrogen-bond acceptors (Lipinski definition) is 6. The highest BCUT2D eigenvalue weighted by Gasteiger charge is 2.24. The van der Waals surface area contributed by atoms with Gasteiger partial charge in [0.15, 0.2) is 5.82 Å². The van der Waals surface area contributed by atoms with E-state index < -0.39 is 0 Å². The summed E-state index contributed by atoms with van der Waals surface area (Å²) < 4.78 is 8.05. The van der Waals surface area contributed by atoms with Gasteiger partial charge in [-0.2, -0.15) is 5.10 Å². The summed E-state index contributed by atoms with van der Waals surface area (Å²) in [6.07, 6.45) is 3.79. The van der Waals surface area contributed by atoms with Crippen LogP contribution in [0, 0.1) is 6.92 Å². The first-order valence-electron chi connectivity index (χ1n) is 9.02. The second kappa shape index (κ2) is 7.32. The molecule has 8 heteroatoms. The second-order valence-electron chi connectivity index (χ2n) is 6.83. The normalized spacial score (nSPS) is 15.5. The molecular weight excluding hydrogens is 366 g/mol. The summed E-state index contributed by atoms with van der Waals surface area (Å²) in [5, 5.41) is 15.1. The van der Waals surface area contributed by atoms with E-state index in [0.29, 0.717) is 11.0 Å². The lowest BCUT2D eigenvalue weighted by Crippen LogP contribution is -2.39. The van der Waals surface area contributed by atoms with Gasteiger partial charge in [0.1, 0.15) is 29.4 Å². The summed E-state index contributed by atoms with van der Waals surface area (Å²) in [6, 6.07) is 6.07. The number of benzene rings is 1. The van der Waals surface area contributed by atoms with E-state index >= 15 is 0 Å². The maximum atomic E-state index is 9.33. The molecule has 142 valence electrons. The molecule has 27 heavy (non-hydrogen) atoms. The highest BCUT2D eigenvalue weighted by Crippen LogP contribution is 2.28. The fraction of sp³-hybridized carbons (Fsp3) is 0.421. The first-order chi connectivity index (χ1) is 13.0. The van der Waals surface area contributed by atoms with Crippen LogP contribution in [0.15, 0.2) is 24.4 Å². The van der Waals surface area contributed by atoms with Crippen LogP contribution in [-0.4, -0.2) is 44.0 Å². The quantitative estimate of drug-likeness (QED) is 0.694. The zero-order chi connectivity index (χ0) is 19.0. The molecule has 1 aliphatic rings. The molecule has 0 spiro atoms. The van der Waals surface area contributed by atoms with E-state index in [2.05, 4.69) is 20.0 Å². The molecule has 2 aromatic heterocycles. The van der Waals surface area contributed by atoms with Crippen LogP contribution in [0.5, 0.6) is 5.75 Å². The smallest absolute Gasteiger partial charge is 0.157 e. The maximum Gasteiger partial charge on any atom is 0.157 e. The number of halogens is 1. The Morgan fingerprint density at radius 2 is 2.04 bits per heavy atom. The molecule has 7 nitrogen and oxygen atoms in total. The SMILES string of the molecule is Cc1c(Cl)nc(CO)nc1N1CCC(Oc2ccc3c(cnn3C)c2)CC1. The van der Waals surface area contributed by atoms with Crippen molar-refractivity contribution in [1.29, 1.82) is 0 Å². The number of ether oxygens (including phenoxy) is 1. The number of rotatable bonds is 4. The van der Waals surface area contributed by atoms with Crippen molar-refractivity contribution < 1.29 is 9.84 Å². The lowest BCUT2D eigenvalue weighted by molar-refractivity contribution is 0.171. The van der Waals surface area contributed by atoms with Crippen LogP contribution in [0.25, 0.3) is 10.9 Å². The van der Waals surface area contributed by atoms with E-state index in [1.165, 1.54) is 0 Å². The molecule has 0 radical (unpaired) electrons. The maximum absolute atomic E-state index is 9.33. The van der Waals surface area contributed by atoms with Gasteiger partial charge >= 0.3 is 0 Å². The van der Waals surface area contributed by atoms with Crippen LogP contribution < -0.4 is 9.64 Å². The van der Waals surface area contributed by atoms with E-state index in [1.807, 2.05) is 43.0 Å². The van der Waals surface area contributed by atoms with Crippen LogP contribution in [0.4, 0.5) is 5.82 Å². The van der Waals surface area contributed by atoms with Crippen molar-refractivity contribution in [3.63, 3.8) is 0 Å². The van der Waals surface area contributed by atoms with E-state index in [-0.39, 0.29) is 12.7 Å². The topological polar surface area (TPSA) is 76.3 Å². The third kappa shape index (κ3) is 3.57. The molecule has 1 N–H and O–H groups in total. The lowest BCUT2D eigenvalue weighted by atomic mass is 10.1. The van der Waals surface area contributed by atoms with Crippen molar-refractivity contribution in [3.05, 3.63) is 40.9 Å². The third-order valence-electron chi connectivity index (χ3n) is 5.01. The Morgan fingerprint density at radius 3 is 2.78 bits per heavy atom. The predicted octanol–water partition coefficient (Wildman–Crippen LogP) is 2.87. The van der Waals surface area contributed by atoms with Gasteiger partial charge in [0.25, 0.3) is 0 Å². The Bertz CT molecular complexity index is 966. The zero-order valence-electron chi connectivity index (χ0n) is 15.4. The summed E-state index contributed by atoms with van der Waals surface area (Å²) in [4.78, 5) is 10.7. The third-order valence-corrected chi connectivity index (χ3v) is 5.38. The number of piperidine rings is 1. The van der Waals surface area contributed by atoms with Crippen molar-refractivity contribution in [2.45, 2.75) is 32.5 Å². The Kier molecular flexibility index (Phi) is 4.88. The summed E-state index contributed by atoms with van der Waals surface area (Å²) in [6.45, 7) is 3.33. The highest BCUT2D eigenvalue weighted by atomic mass is 35.5. The summed E-state index contributed by atoms with van der Waals surface area (Å²) in [7, 11) is 1.93. The molecule has 0 amide bonds. The van der Waals surface area contributed by atoms with Gasteiger partial charge in [-0.05, 0) is 25.1 Å². The molecule has 0 atom stereocenters. The number of hydrogen-bond donors (Lipinski definition) is 1. The van der Waals surface area contributed by atoms with E-state index in [1.54, 1.807) is 0 Å². The van der Waals surface area contributed by atoms with E-state index in [9.17, 15) is 5.11 Å². The monoisotopic (exact) mass is 387 g/mol. The van der Waals surface area contributed by atoms with Crippen LogP contribution in [0.1, 0.15) is 24.2 Å². The van der Waals surface area contributed by atoms with Crippen molar-refractivity contribution >= 4 is 28.3 Å². The molecule has 0 aliphatic carbocycles. The van der Waals surface area contributed by atoms with Gasteiger partial charge in [-0.1, -0.05) is 11.6 Å². The number of anilines is 1. The Morgan fingerprint density at radius 1 is 1.26 bits per heavy atom. The first kappa shape index (κ1) is 18.0.